The molecule has 0 heterocycles. The number of likely N-dealkylation sites (N-methyl/N-ethyl adjacent to an activating group) is 1. The first-order valence-corrected chi connectivity index (χ1v) is 6.47. The first kappa shape index (κ1) is 14.4. The molecule has 17 heavy (non-hydrogen) atoms. The number of rotatable bonds is 9. The lowest BCUT2D eigenvalue weighted by atomic mass is 10.1. The molecule has 1 aliphatic carbocycles. The van der Waals surface area contributed by atoms with Crippen LogP contribution in [0.2, 0.25) is 0 Å². The summed E-state index contributed by atoms with van der Waals surface area (Å²) < 4.78 is 5.57. The first-order valence-electron chi connectivity index (χ1n) is 6.47. The van der Waals surface area contributed by atoms with Gasteiger partial charge >= 0.3 is 0 Å². The van der Waals surface area contributed by atoms with Crippen LogP contribution in [0.25, 0.3) is 0 Å². The summed E-state index contributed by atoms with van der Waals surface area (Å²) in [5, 5.41) is 0. The number of nitrogens with one attached hydrogen (secondary N) is 1. The van der Waals surface area contributed by atoms with E-state index in [0.29, 0.717) is 6.61 Å². The molecule has 1 fully saturated rings. The summed E-state index contributed by atoms with van der Waals surface area (Å²) >= 11 is 0. The molecule has 1 aliphatic rings. The lowest BCUT2D eigenvalue weighted by Gasteiger charge is -2.26. The fourth-order valence-corrected chi connectivity index (χ4v) is 1.82. The minimum absolute atomic E-state index is 0.114. The fraction of sp³-hybridized carbons (Fsp3) is 0.917. The van der Waals surface area contributed by atoms with Gasteiger partial charge in [0.2, 0.25) is 0 Å². The van der Waals surface area contributed by atoms with Gasteiger partial charge in [0.25, 0.3) is 5.91 Å². The van der Waals surface area contributed by atoms with E-state index in [-0.39, 0.29) is 11.9 Å². The second kappa shape index (κ2) is 7.63. The quantitative estimate of drug-likeness (QED) is 0.268. The Kier molecular flexibility index (Phi) is 6.47. The number of hydrogen-bond donors (Lipinski definition) is 2. The predicted octanol–water partition coefficient (Wildman–Crippen LogP) is 0.503. The largest absolute Gasteiger partial charge is 0.380 e. The van der Waals surface area contributed by atoms with Gasteiger partial charge in [-0.3, -0.25) is 15.1 Å². The third kappa shape index (κ3) is 5.48. The number of amides is 1. The van der Waals surface area contributed by atoms with Crippen LogP contribution in [0, 0.1) is 5.92 Å². The van der Waals surface area contributed by atoms with Gasteiger partial charge in [0.15, 0.2) is 0 Å². The molecule has 5 heteroatoms. The number of nitrogens with zero attached hydrogens (tertiary/aromatic N) is 1. The highest BCUT2D eigenvalue weighted by Crippen LogP contribution is 2.28. The zero-order valence-electron chi connectivity index (χ0n) is 10.9. The van der Waals surface area contributed by atoms with E-state index < -0.39 is 0 Å². The molecule has 0 aromatic rings. The van der Waals surface area contributed by atoms with Gasteiger partial charge < -0.3 is 4.74 Å². The molecular formula is C12H25N3O2. The Hall–Kier alpha value is -0.650. The van der Waals surface area contributed by atoms with Crippen molar-refractivity contribution in [1.29, 1.82) is 0 Å². The number of hydrazine groups is 1. The van der Waals surface area contributed by atoms with E-state index in [1.165, 1.54) is 12.8 Å². The van der Waals surface area contributed by atoms with E-state index in [9.17, 15) is 4.79 Å². The van der Waals surface area contributed by atoms with E-state index in [0.717, 1.165) is 31.9 Å². The van der Waals surface area contributed by atoms with Crippen molar-refractivity contribution in [3.8, 4) is 0 Å². The molecule has 0 aliphatic heterocycles. The van der Waals surface area contributed by atoms with Crippen LogP contribution < -0.4 is 11.3 Å². The van der Waals surface area contributed by atoms with Crippen LogP contribution in [0.5, 0.6) is 0 Å². The standard InChI is InChI=1S/C12H25N3O2/c1-3-4-11(12(16)14-13)15(2)7-8-17-9-10-5-6-10/h10-11H,3-9,13H2,1-2H3,(H,14,16). The van der Waals surface area contributed by atoms with Crippen LogP contribution in [0.15, 0.2) is 0 Å². The molecule has 3 N–H and O–H groups in total. The van der Waals surface area contributed by atoms with Gasteiger partial charge in [0.1, 0.15) is 0 Å². The third-order valence-electron chi connectivity index (χ3n) is 3.18. The van der Waals surface area contributed by atoms with Crippen LogP contribution in [0.3, 0.4) is 0 Å². The van der Waals surface area contributed by atoms with Crippen molar-refractivity contribution in [3.05, 3.63) is 0 Å². The van der Waals surface area contributed by atoms with E-state index in [4.69, 9.17) is 10.6 Å². The number of hydrogen-bond acceptors (Lipinski definition) is 4. The molecule has 0 aromatic carbocycles. The minimum Gasteiger partial charge on any atom is -0.380 e. The van der Waals surface area contributed by atoms with Crippen molar-refractivity contribution in [2.75, 3.05) is 26.8 Å². The average molecular weight is 243 g/mol. The highest BCUT2D eigenvalue weighted by molar-refractivity contribution is 5.81. The Morgan fingerprint density at radius 3 is 2.82 bits per heavy atom. The maximum absolute atomic E-state index is 11.6. The molecule has 0 aromatic heterocycles. The molecule has 1 saturated carbocycles. The molecule has 0 radical (unpaired) electrons. The maximum Gasteiger partial charge on any atom is 0.251 e. The van der Waals surface area contributed by atoms with Gasteiger partial charge in [-0.15, -0.1) is 0 Å². The second-order valence-corrected chi connectivity index (χ2v) is 4.81. The van der Waals surface area contributed by atoms with E-state index >= 15 is 0 Å². The van der Waals surface area contributed by atoms with Crippen molar-refractivity contribution in [2.24, 2.45) is 11.8 Å². The normalized spacial score (nSPS) is 17.2. The third-order valence-corrected chi connectivity index (χ3v) is 3.18. The Morgan fingerprint density at radius 1 is 1.59 bits per heavy atom. The van der Waals surface area contributed by atoms with E-state index in [1.807, 2.05) is 11.9 Å². The highest BCUT2D eigenvalue weighted by atomic mass is 16.5. The molecule has 0 bridgehead atoms. The van der Waals surface area contributed by atoms with Crippen molar-refractivity contribution in [2.45, 2.75) is 38.6 Å². The average Bonchev–Trinajstić information content (AvgIpc) is 3.14. The van der Waals surface area contributed by atoms with Crippen LogP contribution in [-0.2, 0) is 9.53 Å². The van der Waals surface area contributed by atoms with Gasteiger partial charge in [0, 0.05) is 13.2 Å². The van der Waals surface area contributed by atoms with E-state index in [2.05, 4.69) is 12.3 Å². The van der Waals surface area contributed by atoms with Crippen LogP contribution in [0.1, 0.15) is 32.6 Å². The highest BCUT2D eigenvalue weighted by Gasteiger charge is 2.23. The lowest BCUT2D eigenvalue weighted by Crippen LogP contribution is -2.48. The smallest absolute Gasteiger partial charge is 0.251 e. The van der Waals surface area contributed by atoms with Crippen LogP contribution in [0.4, 0.5) is 0 Å². The zero-order valence-corrected chi connectivity index (χ0v) is 10.9. The molecule has 1 atom stereocenters. The van der Waals surface area contributed by atoms with Crippen molar-refractivity contribution < 1.29 is 9.53 Å². The second-order valence-electron chi connectivity index (χ2n) is 4.81. The summed E-state index contributed by atoms with van der Waals surface area (Å²) in [4.78, 5) is 13.6. The van der Waals surface area contributed by atoms with E-state index in [1.54, 1.807) is 0 Å². The fourth-order valence-electron chi connectivity index (χ4n) is 1.82. The summed E-state index contributed by atoms with van der Waals surface area (Å²) in [6.45, 7) is 4.39. The summed E-state index contributed by atoms with van der Waals surface area (Å²) in [6, 6.07) is -0.144. The van der Waals surface area contributed by atoms with Crippen molar-refractivity contribution >= 4 is 5.91 Å². The maximum atomic E-state index is 11.6. The van der Waals surface area contributed by atoms with Crippen molar-refractivity contribution in [3.63, 3.8) is 0 Å². The Labute approximate surface area is 104 Å². The lowest BCUT2D eigenvalue weighted by molar-refractivity contribution is -0.126. The molecule has 1 rings (SSSR count). The Bertz CT molecular complexity index is 232. The molecule has 100 valence electrons. The van der Waals surface area contributed by atoms with Gasteiger partial charge in [-0.25, -0.2) is 5.84 Å². The number of carbonyl (C=O) groups excluding carboxylic acids is 1. The molecule has 0 spiro atoms. The zero-order chi connectivity index (χ0) is 12.7. The number of nitrogens with two attached hydrogens (primary N) is 1. The monoisotopic (exact) mass is 243 g/mol. The predicted molar refractivity (Wildman–Crippen MR) is 67.2 cm³/mol. The number of carbonyl (C=O) groups is 1. The first-order chi connectivity index (χ1) is 8.19. The molecule has 0 saturated heterocycles. The summed E-state index contributed by atoms with van der Waals surface area (Å²) in [5.41, 5.74) is 2.23. The Morgan fingerprint density at radius 2 is 2.29 bits per heavy atom. The Balaban J connectivity index is 2.19. The molecule has 1 amide bonds. The van der Waals surface area contributed by atoms with Gasteiger partial charge in [-0.1, -0.05) is 13.3 Å². The summed E-state index contributed by atoms with van der Waals surface area (Å²) in [6.07, 6.45) is 4.40. The van der Waals surface area contributed by atoms with Gasteiger partial charge in [-0.05, 0) is 32.2 Å². The number of ether oxygens (including phenoxy) is 1. The summed E-state index contributed by atoms with van der Waals surface area (Å²) in [5.74, 6) is 5.86. The summed E-state index contributed by atoms with van der Waals surface area (Å²) in [7, 11) is 1.94. The van der Waals surface area contributed by atoms with Crippen LogP contribution in [-0.4, -0.2) is 43.7 Å². The van der Waals surface area contributed by atoms with Crippen molar-refractivity contribution in [1.82, 2.24) is 10.3 Å². The van der Waals surface area contributed by atoms with Crippen LogP contribution >= 0.6 is 0 Å². The SMILES string of the molecule is CCCC(C(=O)NN)N(C)CCOCC1CC1. The topological polar surface area (TPSA) is 67.6 Å². The molecule has 1 unspecified atom stereocenters. The molecular weight excluding hydrogens is 218 g/mol. The van der Waals surface area contributed by atoms with Gasteiger partial charge in [-0.2, -0.15) is 0 Å². The molecule has 5 nitrogen and oxygen atoms in total. The van der Waals surface area contributed by atoms with Gasteiger partial charge in [0.05, 0.1) is 12.6 Å². The minimum atomic E-state index is -0.144.